The first-order chi connectivity index (χ1) is 20.1. The summed E-state index contributed by atoms with van der Waals surface area (Å²) >= 11 is 1.57. The molecule has 3 aromatic rings. The Labute approximate surface area is 254 Å². The summed E-state index contributed by atoms with van der Waals surface area (Å²) in [5, 5.41) is 0. The van der Waals surface area contributed by atoms with E-state index >= 15 is 0 Å². The van der Waals surface area contributed by atoms with Crippen LogP contribution in [-0.4, -0.2) is 47.3 Å². The number of nitrogens with zero attached hydrogens (tertiary/aromatic N) is 1. The maximum Gasteiger partial charge on any atom is 0.417 e. The lowest BCUT2D eigenvalue weighted by molar-refractivity contribution is -0.127. The summed E-state index contributed by atoms with van der Waals surface area (Å²) < 4.78 is 15.0. The molecule has 7 heteroatoms. The molecule has 4 rings (SSSR count). The highest BCUT2D eigenvalue weighted by Gasteiger charge is 2.48. The van der Waals surface area contributed by atoms with E-state index in [1.54, 1.807) is 45.9 Å². The second-order valence-electron chi connectivity index (χ2n) is 11.8. The molecule has 6 nitrogen and oxygen atoms in total. The molecule has 222 valence electrons. The fraction of sp³-hybridized carbons (Fsp3) is 0.371. The number of hydrogen-bond donors (Lipinski definition) is 1. The van der Waals surface area contributed by atoms with E-state index in [9.17, 15) is 9.59 Å². The van der Waals surface area contributed by atoms with Crippen molar-refractivity contribution in [2.75, 3.05) is 7.11 Å². The first-order valence-corrected chi connectivity index (χ1v) is 15.3. The second kappa shape index (κ2) is 13.3. The second-order valence-corrected chi connectivity index (χ2v) is 12.8. The topological polar surface area (TPSA) is 67.9 Å². The predicted molar refractivity (Wildman–Crippen MR) is 170 cm³/mol. The molecule has 3 atom stereocenters. The number of rotatable bonds is 11. The van der Waals surface area contributed by atoms with Gasteiger partial charge in [0.05, 0.1) is 17.7 Å². The normalized spacial score (nSPS) is 17.6. The van der Waals surface area contributed by atoms with Crippen LogP contribution in [-0.2, 0) is 19.0 Å². The molecular formula is C35H42N2O4S. The van der Waals surface area contributed by atoms with E-state index in [0.29, 0.717) is 6.42 Å². The van der Waals surface area contributed by atoms with Gasteiger partial charge in [-0.05, 0) is 50.8 Å². The summed E-state index contributed by atoms with van der Waals surface area (Å²) in [5.41, 5.74) is 1.80. The van der Waals surface area contributed by atoms with Gasteiger partial charge in [0.25, 0.3) is 5.91 Å². The van der Waals surface area contributed by atoms with Crippen molar-refractivity contribution in [3.8, 4) is 0 Å². The quantitative estimate of drug-likeness (QED) is 0.185. The van der Waals surface area contributed by atoms with Crippen molar-refractivity contribution < 1.29 is 19.1 Å². The Kier molecular flexibility index (Phi) is 9.97. The Hall–Kier alpha value is -3.39. The number of methoxy groups -OCH3 is 1. The van der Waals surface area contributed by atoms with E-state index in [-0.39, 0.29) is 0 Å². The average Bonchev–Trinajstić information content (AvgIpc) is 3.37. The number of carbonyl (C=O) groups is 2. The molecule has 1 aliphatic heterocycles. The third-order valence-electron chi connectivity index (χ3n) is 7.65. The summed E-state index contributed by atoms with van der Waals surface area (Å²) in [4.78, 5) is 27.7. The van der Waals surface area contributed by atoms with Crippen LogP contribution in [0.1, 0.15) is 64.2 Å². The van der Waals surface area contributed by atoms with E-state index in [4.69, 9.17) is 9.47 Å². The van der Waals surface area contributed by atoms with E-state index in [1.165, 1.54) is 11.0 Å². The highest BCUT2D eigenvalue weighted by molar-refractivity contribution is 7.98. The minimum atomic E-state index is -0.751. The molecular weight excluding hydrogens is 544 g/mol. The van der Waals surface area contributed by atoms with Crippen LogP contribution in [0.4, 0.5) is 4.79 Å². The largest absolute Gasteiger partial charge is 0.443 e. The molecule has 0 fully saturated rings. The highest BCUT2D eigenvalue weighted by atomic mass is 32.2. The maximum absolute atomic E-state index is 13.4. The third-order valence-corrected chi connectivity index (χ3v) is 9.04. The molecule has 42 heavy (non-hydrogen) atoms. The smallest absolute Gasteiger partial charge is 0.417 e. The van der Waals surface area contributed by atoms with E-state index in [0.717, 1.165) is 23.1 Å². The molecule has 3 aromatic carbocycles. The Balaban J connectivity index is 1.85. The lowest BCUT2D eigenvalue weighted by Crippen LogP contribution is -2.60. The van der Waals surface area contributed by atoms with Gasteiger partial charge >= 0.3 is 6.09 Å². The van der Waals surface area contributed by atoms with E-state index in [1.807, 2.05) is 61.5 Å². The summed E-state index contributed by atoms with van der Waals surface area (Å²) in [6, 6.07) is 30.1. The van der Waals surface area contributed by atoms with Gasteiger partial charge in [-0.1, -0.05) is 122 Å². The van der Waals surface area contributed by atoms with Crippen molar-refractivity contribution in [2.24, 2.45) is 0 Å². The Morgan fingerprint density at radius 3 is 1.76 bits per heavy atom. The summed E-state index contributed by atoms with van der Waals surface area (Å²) in [7, 11) is 1.69. The van der Waals surface area contributed by atoms with Crippen LogP contribution >= 0.6 is 11.9 Å². The van der Waals surface area contributed by atoms with Crippen molar-refractivity contribution in [1.29, 1.82) is 0 Å². The van der Waals surface area contributed by atoms with E-state index < -0.39 is 40.0 Å². The van der Waals surface area contributed by atoms with Crippen LogP contribution in [0.15, 0.2) is 103 Å². The van der Waals surface area contributed by atoms with Gasteiger partial charge in [-0.15, -0.1) is 0 Å². The van der Waals surface area contributed by atoms with Gasteiger partial charge in [0.1, 0.15) is 10.3 Å². The SMILES string of the molecule is CCCC(C)(OC)C(NSC(c1ccccc1)(c1ccccc1)c1ccccc1)[C@@H]1C=CC(=O)N1C(=O)OC(C)(C)C. The number of ether oxygens (including phenoxy) is 2. The standard InChI is InChI=1S/C35H42N2O4S/c1-7-25-34(5,40-6)31(29-23-24-30(38)37(29)32(39)41-33(2,3)4)36-42-35(26-17-11-8-12-18-26,27-19-13-9-14-20-27)28-21-15-10-16-22-28/h8-24,29,31,36H,7,25H2,1-6H3/t29-,31?,34?/m0/s1. The van der Waals surface area contributed by atoms with Crippen LogP contribution < -0.4 is 4.72 Å². The Morgan fingerprint density at radius 1 is 0.881 bits per heavy atom. The lowest BCUT2D eigenvalue weighted by Gasteiger charge is -2.44. The van der Waals surface area contributed by atoms with Crippen molar-refractivity contribution in [3.63, 3.8) is 0 Å². The van der Waals surface area contributed by atoms with Crippen LogP contribution in [0.5, 0.6) is 0 Å². The third kappa shape index (κ3) is 6.64. The molecule has 1 heterocycles. The molecule has 2 amide bonds. The molecule has 0 aliphatic carbocycles. The molecule has 1 N–H and O–H groups in total. The first-order valence-electron chi connectivity index (χ1n) is 14.5. The Bertz CT molecular complexity index is 1260. The molecule has 1 aliphatic rings. The zero-order valence-electron chi connectivity index (χ0n) is 25.4. The monoisotopic (exact) mass is 586 g/mol. The van der Waals surface area contributed by atoms with Crippen LogP contribution in [0.3, 0.4) is 0 Å². The van der Waals surface area contributed by atoms with Crippen LogP contribution in [0.25, 0.3) is 0 Å². The van der Waals surface area contributed by atoms with Crippen molar-refractivity contribution in [2.45, 2.75) is 75.5 Å². The van der Waals surface area contributed by atoms with Crippen LogP contribution in [0.2, 0.25) is 0 Å². The first kappa shape index (κ1) is 31.5. The summed E-state index contributed by atoms with van der Waals surface area (Å²) in [5.74, 6) is -0.401. The van der Waals surface area contributed by atoms with Crippen LogP contribution in [0, 0.1) is 0 Å². The molecule has 0 saturated carbocycles. The average molecular weight is 587 g/mol. The van der Waals surface area contributed by atoms with Gasteiger partial charge in [-0.25, -0.2) is 9.69 Å². The predicted octanol–water partition coefficient (Wildman–Crippen LogP) is 7.49. The van der Waals surface area contributed by atoms with Gasteiger partial charge in [0, 0.05) is 13.2 Å². The van der Waals surface area contributed by atoms with Gasteiger partial charge in [0.15, 0.2) is 0 Å². The van der Waals surface area contributed by atoms with Crippen molar-refractivity contribution in [1.82, 2.24) is 9.62 Å². The molecule has 0 saturated heterocycles. The zero-order valence-corrected chi connectivity index (χ0v) is 26.2. The number of imide groups is 1. The molecule has 0 aromatic heterocycles. The number of benzene rings is 3. The highest BCUT2D eigenvalue weighted by Crippen LogP contribution is 2.48. The van der Waals surface area contributed by atoms with Gasteiger partial charge in [0.2, 0.25) is 0 Å². The molecule has 0 radical (unpaired) electrons. The molecule has 2 unspecified atom stereocenters. The minimum Gasteiger partial charge on any atom is -0.443 e. The Morgan fingerprint density at radius 2 is 1.36 bits per heavy atom. The molecule has 0 spiro atoms. The van der Waals surface area contributed by atoms with Crippen molar-refractivity contribution in [3.05, 3.63) is 120 Å². The van der Waals surface area contributed by atoms with E-state index in [2.05, 4.69) is 48.0 Å². The number of hydrogen-bond acceptors (Lipinski definition) is 6. The van der Waals surface area contributed by atoms with Gasteiger partial charge in [-0.2, -0.15) is 0 Å². The minimum absolute atomic E-state index is 0.401. The fourth-order valence-electron chi connectivity index (χ4n) is 5.56. The summed E-state index contributed by atoms with van der Waals surface area (Å²) in [6.45, 7) is 9.52. The number of amides is 2. The van der Waals surface area contributed by atoms with Crippen molar-refractivity contribution >= 4 is 23.9 Å². The van der Waals surface area contributed by atoms with Gasteiger partial charge < -0.3 is 9.47 Å². The molecule has 0 bridgehead atoms. The number of nitrogens with one attached hydrogen (secondary N) is 1. The summed E-state index contributed by atoms with van der Waals surface area (Å²) in [6.07, 6.45) is 4.12. The zero-order chi connectivity index (χ0) is 30.4. The fourth-order valence-corrected chi connectivity index (χ4v) is 7.02. The van der Waals surface area contributed by atoms with Gasteiger partial charge in [-0.3, -0.25) is 9.52 Å². The maximum atomic E-state index is 13.4. The lowest BCUT2D eigenvalue weighted by atomic mass is 9.84. The number of carbonyl (C=O) groups excluding carboxylic acids is 2.